The van der Waals surface area contributed by atoms with Gasteiger partial charge in [-0.2, -0.15) is 0 Å². The lowest BCUT2D eigenvalue weighted by Gasteiger charge is -2.10. The average molecular weight is 383 g/mol. The number of aryl methyl sites for hydroxylation is 3. The molecule has 27 heavy (non-hydrogen) atoms. The summed E-state index contributed by atoms with van der Waals surface area (Å²) in [6.45, 7) is 6.73. The van der Waals surface area contributed by atoms with Crippen molar-refractivity contribution < 1.29 is 19.4 Å². The van der Waals surface area contributed by atoms with Gasteiger partial charge < -0.3 is 14.6 Å². The fourth-order valence-corrected chi connectivity index (χ4v) is 3.45. The monoisotopic (exact) mass is 383 g/mol. The first kappa shape index (κ1) is 18.9. The van der Waals surface area contributed by atoms with Crippen molar-refractivity contribution in [3.8, 4) is 22.1 Å². The highest BCUT2D eigenvalue weighted by Crippen LogP contribution is 2.29. The number of carbonyl (C=O) groups is 1. The van der Waals surface area contributed by atoms with E-state index >= 15 is 0 Å². The minimum absolute atomic E-state index is 0.272. The Morgan fingerprint density at radius 3 is 2.19 bits per heavy atom. The molecule has 2 aromatic carbocycles. The predicted molar refractivity (Wildman–Crippen MR) is 106 cm³/mol. The summed E-state index contributed by atoms with van der Waals surface area (Å²) in [7, 11) is 0. The van der Waals surface area contributed by atoms with E-state index in [2.05, 4.69) is 18.8 Å². The molecule has 3 aromatic rings. The molecule has 6 heteroatoms. The van der Waals surface area contributed by atoms with Gasteiger partial charge in [0.2, 0.25) is 0 Å². The lowest BCUT2D eigenvalue weighted by molar-refractivity contribution is 0.0701. The molecule has 1 aromatic heterocycles. The van der Waals surface area contributed by atoms with Crippen molar-refractivity contribution in [3.63, 3.8) is 0 Å². The van der Waals surface area contributed by atoms with Gasteiger partial charge in [-0.05, 0) is 68.3 Å². The van der Waals surface area contributed by atoms with Crippen LogP contribution in [0.4, 0.5) is 0 Å². The van der Waals surface area contributed by atoms with Crippen LogP contribution in [0.3, 0.4) is 0 Å². The SMILES string of the molecule is Cc1ccc(OCCOc2ccc(-c3nc(C)c(C(=O)O)s3)cc2)cc1C. The highest BCUT2D eigenvalue weighted by molar-refractivity contribution is 7.17. The van der Waals surface area contributed by atoms with E-state index in [9.17, 15) is 4.79 Å². The van der Waals surface area contributed by atoms with Crippen LogP contribution in [0.2, 0.25) is 0 Å². The number of carboxylic acid groups (broad SMARTS) is 1. The molecule has 0 atom stereocenters. The smallest absolute Gasteiger partial charge is 0.347 e. The van der Waals surface area contributed by atoms with Gasteiger partial charge in [0.25, 0.3) is 0 Å². The number of rotatable bonds is 7. The fourth-order valence-electron chi connectivity index (χ4n) is 2.53. The van der Waals surface area contributed by atoms with Crippen LogP contribution in [0.5, 0.6) is 11.5 Å². The van der Waals surface area contributed by atoms with Gasteiger partial charge in [-0.1, -0.05) is 6.07 Å². The van der Waals surface area contributed by atoms with Crippen molar-refractivity contribution in [3.05, 3.63) is 64.2 Å². The van der Waals surface area contributed by atoms with Gasteiger partial charge >= 0.3 is 5.97 Å². The first-order chi connectivity index (χ1) is 12.9. The third kappa shape index (κ3) is 4.65. The van der Waals surface area contributed by atoms with E-state index in [1.165, 1.54) is 22.5 Å². The molecule has 0 fully saturated rings. The van der Waals surface area contributed by atoms with Gasteiger partial charge in [0.05, 0.1) is 5.69 Å². The number of hydrogen-bond donors (Lipinski definition) is 1. The van der Waals surface area contributed by atoms with E-state index in [0.29, 0.717) is 23.9 Å². The van der Waals surface area contributed by atoms with Crippen molar-refractivity contribution in [1.29, 1.82) is 0 Å². The molecular weight excluding hydrogens is 362 g/mol. The first-order valence-corrected chi connectivity index (χ1v) is 9.39. The standard InChI is InChI=1S/C21H21NO4S/c1-13-4-7-18(12-14(13)2)26-11-10-25-17-8-5-16(6-9-17)20-22-15(3)19(27-20)21(23)24/h4-9,12H,10-11H2,1-3H3,(H,23,24). The minimum atomic E-state index is -0.944. The summed E-state index contributed by atoms with van der Waals surface area (Å²) in [6, 6.07) is 13.5. The highest BCUT2D eigenvalue weighted by atomic mass is 32.1. The van der Waals surface area contributed by atoms with Crippen molar-refractivity contribution in [2.24, 2.45) is 0 Å². The Morgan fingerprint density at radius 2 is 1.59 bits per heavy atom. The molecule has 1 heterocycles. The van der Waals surface area contributed by atoms with E-state index in [0.717, 1.165) is 17.1 Å². The van der Waals surface area contributed by atoms with Crippen LogP contribution in [-0.2, 0) is 0 Å². The molecule has 0 unspecified atom stereocenters. The van der Waals surface area contributed by atoms with E-state index in [1.54, 1.807) is 6.92 Å². The van der Waals surface area contributed by atoms with Crippen LogP contribution in [0.25, 0.3) is 10.6 Å². The van der Waals surface area contributed by atoms with E-state index in [1.807, 2.05) is 42.5 Å². The molecule has 0 aliphatic carbocycles. The van der Waals surface area contributed by atoms with Gasteiger partial charge in [-0.15, -0.1) is 11.3 Å². The maximum absolute atomic E-state index is 11.1. The summed E-state index contributed by atoms with van der Waals surface area (Å²) in [5.74, 6) is 0.625. The number of nitrogens with zero attached hydrogens (tertiary/aromatic N) is 1. The number of ether oxygens (including phenoxy) is 2. The van der Waals surface area contributed by atoms with Crippen molar-refractivity contribution in [2.45, 2.75) is 20.8 Å². The Bertz CT molecular complexity index is 947. The molecule has 5 nitrogen and oxygen atoms in total. The lowest BCUT2D eigenvalue weighted by Crippen LogP contribution is -2.09. The Balaban J connectivity index is 1.54. The molecule has 3 rings (SSSR count). The van der Waals surface area contributed by atoms with Crippen LogP contribution in [0.1, 0.15) is 26.5 Å². The number of thiazole rings is 1. The van der Waals surface area contributed by atoms with Crippen LogP contribution in [0.15, 0.2) is 42.5 Å². The average Bonchev–Trinajstić information content (AvgIpc) is 3.04. The largest absolute Gasteiger partial charge is 0.490 e. The molecular formula is C21H21NO4S. The minimum Gasteiger partial charge on any atom is -0.490 e. The second-order valence-electron chi connectivity index (χ2n) is 6.21. The molecule has 0 amide bonds. The summed E-state index contributed by atoms with van der Waals surface area (Å²) in [5.41, 5.74) is 3.85. The lowest BCUT2D eigenvalue weighted by atomic mass is 10.1. The number of hydrogen-bond acceptors (Lipinski definition) is 5. The number of carboxylic acids is 1. The summed E-state index contributed by atoms with van der Waals surface area (Å²) >= 11 is 1.18. The molecule has 0 spiro atoms. The zero-order valence-electron chi connectivity index (χ0n) is 15.5. The van der Waals surface area contributed by atoms with Crippen LogP contribution >= 0.6 is 11.3 Å². The van der Waals surface area contributed by atoms with Crippen molar-refractivity contribution in [1.82, 2.24) is 4.98 Å². The molecule has 140 valence electrons. The highest BCUT2D eigenvalue weighted by Gasteiger charge is 2.14. The molecule has 0 bridgehead atoms. The zero-order chi connectivity index (χ0) is 19.4. The number of benzene rings is 2. The Hall–Kier alpha value is -2.86. The topological polar surface area (TPSA) is 68.7 Å². The Labute approximate surface area is 162 Å². The fraction of sp³-hybridized carbons (Fsp3) is 0.238. The normalized spacial score (nSPS) is 10.6. The van der Waals surface area contributed by atoms with Gasteiger partial charge in [0, 0.05) is 5.56 Å². The van der Waals surface area contributed by atoms with Gasteiger partial charge in [-0.25, -0.2) is 9.78 Å². The molecule has 0 saturated heterocycles. The predicted octanol–water partition coefficient (Wildman–Crippen LogP) is 4.89. The van der Waals surface area contributed by atoms with Crippen LogP contribution in [0, 0.1) is 20.8 Å². The Kier molecular flexibility index (Phi) is 5.76. The summed E-state index contributed by atoms with van der Waals surface area (Å²) in [6.07, 6.45) is 0. The molecule has 1 N–H and O–H groups in total. The third-order valence-corrected chi connectivity index (χ3v) is 5.39. The summed E-state index contributed by atoms with van der Waals surface area (Å²) in [4.78, 5) is 15.7. The number of aromatic nitrogens is 1. The molecule has 0 saturated carbocycles. The summed E-state index contributed by atoms with van der Waals surface area (Å²) in [5, 5.41) is 9.83. The Morgan fingerprint density at radius 1 is 0.963 bits per heavy atom. The van der Waals surface area contributed by atoms with Crippen molar-refractivity contribution >= 4 is 17.3 Å². The molecule has 0 aliphatic rings. The van der Waals surface area contributed by atoms with E-state index in [4.69, 9.17) is 14.6 Å². The second-order valence-corrected chi connectivity index (χ2v) is 7.21. The second kappa shape index (κ2) is 8.22. The van der Waals surface area contributed by atoms with Gasteiger partial charge in [0.1, 0.15) is 34.6 Å². The zero-order valence-corrected chi connectivity index (χ0v) is 16.3. The number of aromatic carboxylic acids is 1. The van der Waals surface area contributed by atoms with E-state index in [-0.39, 0.29) is 4.88 Å². The van der Waals surface area contributed by atoms with Crippen LogP contribution in [-0.4, -0.2) is 29.3 Å². The van der Waals surface area contributed by atoms with Crippen LogP contribution < -0.4 is 9.47 Å². The molecule has 0 aliphatic heterocycles. The first-order valence-electron chi connectivity index (χ1n) is 8.58. The van der Waals surface area contributed by atoms with Crippen molar-refractivity contribution in [2.75, 3.05) is 13.2 Å². The maximum atomic E-state index is 11.1. The van der Waals surface area contributed by atoms with Gasteiger partial charge in [0.15, 0.2) is 0 Å². The quantitative estimate of drug-likeness (QED) is 0.588. The summed E-state index contributed by atoms with van der Waals surface area (Å²) < 4.78 is 11.4. The van der Waals surface area contributed by atoms with E-state index < -0.39 is 5.97 Å². The maximum Gasteiger partial charge on any atom is 0.347 e. The van der Waals surface area contributed by atoms with Gasteiger partial charge in [-0.3, -0.25) is 0 Å². The molecule has 0 radical (unpaired) electrons. The third-order valence-electron chi connectivity index (χ3n) is 4.19.